The summed E-state index contributed by atoms with van der Waals surface area (Å²) in [6.45, 7) is 2.08. The molecule has 0 unspecified atom stereocenters. The molecule has 28 heavy (non-hydrogen) atoms. The van der Waals surface area contributed by atoms with Crippen LogP contribution in [0.15, 0.2) is 53.4 Å². The third-order valence-corrected chi connectivity index (χ3v) is 7.39. The van der Waals surface area contributed by atoms with E-state index in [9.17, 15) is 17.6 Å². The molecule has 0 saturated carbocycles. The maximum atomic E-state index is 13.0. The van der Waals surface area contributed by atoms with Crippen LogP contribution in [0.3, 0.4) is 0 Å². The van der Waals surface area contributed by atoms with Crippen molar-refractivity contribution in [3.63, 3.8) is 0 Å². The highest BCUT2D eigenvalue weighted by molar-refractivity contribution is 7.92. The van der Waals surface area contributed by atoms with Crippen LogP contribution in [0.4, 0.5) is 9.52 Å². The van der Waals surface area contributed by atoms with Gasteiger partial charge < -0.3 is 9.80 Å². The Hall–Kier alpha value is -2.52. The number of hydrogen-bond donors (Lipinski definition) is 0. The van der Waals surface area contributed by atoms with Gasteiger partial charge >= 0.3 is 0 Å². The Labute approximate surface area is 166 Å². The fraction of sp³-hybridized carbons (Fsp3) is 0.263. The molecule has 9 heteroatoms. The van der Waals surface area contributed by atoms with E-state index in [0.29, 0.717) is 26.2 Å². The predicted molar refractivity (Wildman–Crippen MR) is 107 cm³/mol. The van der Waals surface area contributed by atoms with E-state index in [1.54, 1.807) is 16.2 Å². The van der Waals surface area contributed by atoms with Crippen LogP contribution in [0.25, 0.3) is 10.2 Å². The summed E-state index contributed by atoms with van der Waals surface area (Å²) in [5.41, 5.74) is 0.950. The van der Waals surface area contributed by atoms with E-state index >= 15 is 0 Å². The number of fused-ring (bicyclic) bond motifs is 1. The quantitative estimate of drug-likeness (QED) is 0.608. The maximum absolute atomic E-state index is 13.0. The summed E-state index contributed by atoms with van der Waals surface area (Å²) in [5, 5.41) is 0.909. The largest absolute Gasteiger partial charge is 0.345 e. The zero-order valence-corrected chi connectivity index (χ0v) is 16.5. The van der Waals surface area contributed by atoms with Crippen LogP contribution in [-0.4, -0.2) is 56.1 Å². The number of sulfone groups is 1. The Kier molecular flexibility index (Phi) is 5.03. The molecule has 1 aromatic heterocycles. The fourth-order valence-corrected chi connectivity index (χ4v) is 5.36. The molecule has 6 nitrogen and oxygen atoms in total. The molecule has 0 atom stereocenters. The van der Waals surface area contributed by atoms with Crippen molar-refractivity contribution >= 4 is 42.4 Å². The monoisotopic (exact) mass is 419 g/mol. The minimum Gasteiger partial charge on any atom is -0.345 e. The number of halogens is 1. The van der Waals surface area contributed by atoms with Gasteiger partial charge in [0.05, 0.1) is 15.1 Å². The third kappa shape index (κ3) is 3.85. The molecule has 3 aromatic rings. The van der Waals surface area contributed by atoms with Gasteiger partial charge in [-0.3, -0.25) is 4.79 Å². The Morgan fingerprint density at radius 1 is 1.04 bits per heavy atom. The van der Waals surface area contributed by atoms with Gasteiger partial charge in [0.15, 0.2) is 15.0 Å². The Balaban J connectivity index is 1.39. The summed E-state index contributed by atoms with van der Waals surface area (Å²) in [5.74, 6) is -1.57. The Morgan fingerprint density at radius 3 is 2.39 bits per heavy atom. The van der Waals surface area contributed by atoms with Crippen molar-refractivity contribution in [2.75, 3.05) is 36.8 Å². The Bertz CT molecular complexity index is 1070. The number of hydrogen-bond acceptors (Lipinski definition) is 6. The van der Waals surface area contributed by atoms with Crippen LogP contribution >= 0.6 is 11.3 Å². The fourth-order valence-electron chi connectivity index (χ4n) is 3.12. The van der Waals surface area contributed by atoms with Crippen molar-refractivity contribution in [1.82, 2.24) is 9.88 Å². The van der Waals surface area contributed by atoms with Gasteiger partial charge in [0, 0.05) is 26.2 Å². The van der Waals surface area contributed by atoms with Crippen molar-refractivity contribution in [3.05, 3.63) is 54.3 Å². The molecule has 1 amide bonds. The first-order valence-corrected chi connectivity index (χ1v) is 11.3. The van der Waals surface area contributed by atoms with Crippen molar-refractivity contribution in [1.29, 1.82) is 0 Å². The average Bonchev–Trinajstić information content (AvgIpc) is 3.12. The van der Waals surface area contributed by atoms with Crippen LogP contribution in [0, 0.1) is 5.82 Å². The number of anilines is 1. The minimum absolute atomic E-state index is 0.0460. The summed E-state index contributed by atoms with van der Waals surface area (Å²) in [6.07, 6.45) is 0. The molecule has 1 saturated heterocycles. The van der Waals surface area contributed by atoms with Gasteiger partial charge in [-0.15, -0.1) is 0 Å². The topological polar surface area (TPSA) is 70.6 Å². The van der Waals surface area contributed by atoms with Gasteiger partial charge in [-0.05, 0) is 36.4 Å². The van der Waals surface area contributed by atoms with Gasteiger partial charge in [-0.25, -0.2) is 17.8 Å². The van der Waals surface area contributed by atoms with E-state index in [2.05, 4.69) is 9.88 Å². The van der Waals surface area contributed by atoms with Crippen molar-refractivity contribution < 1.29 is 17.6 Å². The zero-order valence-electron chi connectivity index (χ0n) is 14.9. The maximum Gasteiger partial charge on any atom is 0.238 e. The highest BCUT2D eigenvalue weighted by atomic mass is 32.2. The first kappa shape index (κ1) is 18.8. The number of benzene rings is 2. The van der Waals surface area contributed by atoms with E-state index < -0.39 is 27.3 Å². The molecule has 4 rings (SSSR count). The van der Waals surface area contributed by atoms with Crippen LogP contribution < -0.4 is 4.90 Å². The van der Waals surface area contributed by atoms with Crippen LogP contribution in [0.2, 0.25) is 0 Å². The first-order valence-electron chi connectivity index (χ1n) is 8.79. The summed E-state index contributed by atoms with van der Waals surface area (Å²) in [6, 6.07) is 12.4. The van der Waals surface area contributed by atoms with Gasteiger partial charge in [0.2, 0.25) is 5.91 Å². The number of amides is 1. The molecule has 0 N–H and O–H groups in total. The minimum atomic E-state index is -3.79. The van der Waals surface area contributed by atoms with E-state index in [1.807, 2.05) is 24.3 Å². The normalized spacial score (nSPS) is 15.2. The summed E-state index contributed by atoms with van der Waals surface area (Å²) < 4.78 is 38.9. The molecule has 2 heterocycles. The standard InChI is InChI=1S/C19H18FN3O3S2/c20-14-5-7-15(8-6-14)28(25,26)13-18(24)22-9-11-23(12-10-22)19-21-16-3-1-2-4-17(16)27-19/h1-8H,9-13H2. The molecule has 0 bridgehead atoms. The SMILES string of the molecule is O=C(CS(=O)(=O)c1ccc(F)cc1)N1CCN(c2nc3ccccc3s2)CC1. The van der Waals surface area contributed by atoms with Crippen molar-refractivity contribution in [2.45, 2.75) is 4.90 Å². The molecule has 1 aliphatic heterocycles. The Morgan fingerprint density at radius 2 is 1.71 bits per heavy atom. The lowest BCUT2D eigenvalue weighted by atomic mass is 10.3. The molecule has 0 radical (unpaired) electrons. The average molecular weight is 420 g/mol. The van der Waals surface area contributed by atoms with E-state index in [0.717, 1.165) is 27.5 Å². The van der Waals surface area contributed by atoms with Gasteiger partial charge in [-0.2, -0.15) is 0 Å². The van der Waals surface area contributed by atoms with Crippen molar-refractivity contribution in [3.8, 4) is 0 Å². The van der Waals surface area contributed by atoms with Crippen LogP contribution in [-0.2, 0) is 14.6 Å². The highest BCUT2D eigenvalue weighted by Gasteiger charge is 2.27. The zero-order chi connectivity index (χ0) is 19.7. The lowest BCUT2D eigenvalue weighted by molar-refractivity contribution is -0.128. The second kappa shape index (κ2) is 7.48. The second-order valence-corrected chi connectivity index (χ2v) is 9.54. The molecule has 1 aliphatic rings. The molecule has 146 valence electrons. The number of aromatic nitrogens is 1. The number of thiazole rings is 1. The van der Waals surface area contributed by atoms with Gasteiger partial charge in [0.1, 0.15) is 11.6 Å². The number of para-hydroxylation sites is 1. The summed E-state index contributed by atoms with van der Waals surface area (Å²) in [4.78, 5) is 20.7. The summed E-state index contributed by atoms with van der Waals surface area (Å²) in [7, 11) is -3.79. The molecule has 2 aromatic carbocycles. The highest BCUT2D eigenvalue weighted by Crippen LogP contribution is 2.29. The van der Waals surface area contributed by atoms with E-state index in [4.69, 9.17) is 0 Å². The lowest BCUT2D eigenvalue weighted by Crippen LogP contribution is -2.50. The number of nitrogens with zero attached hydrogens (tertiary/aromatic N) is 3. The number of rotatable bonds is 4. The van der Waals surface area contributed by atoms with Crippen molar-refractivity contribution in [2.24, 2.45) is 0 Å². The second-order valence-electron chi connectivity index (χ2n) is 6.55. The predicted octanol–water partition coefficient (Wildman–Crippen LogP) is 2.56. The molecule has 0 spiro atoms. The van der Waals surface area contributed by atoms with Crippen LogP contribution in [0.1, 0.15) is 0 Å². The molecular formula is C19H18FN3O3S2. The third-order valence-electron chi connectivity index (χ3n) is 4.67. The number of carbonyl (C=O) groups is 1. The van der Waals surface area contributed by atoms with Gasteiger partial charge in [-0.1, -0.05) is 23.5 Å². The number of piperazine rings is 1. The number of carbonyl (C=O) groups excluding carboxylic acids is 1. The molecule has 1 fully saturated rings. The van der Waals surface area contributed by atoms with E-state index in [-0.39, 0.29) is 4.90 Å². The molecule has 0 aliphatic carbocycles. The van der Waals surface area contributed by atoms with E-state index in [1.165, 1.54) is 12.1 Å². The molecular weight excluding hydrogens is 401 g/mol. The summed E-state index contributed by atoms with van der Waals surface area (Å²) >= 11 is 1.61. The smallest absolute Gasteiger partial charge is 0.238 e. The van der Waals surface area contributed by atoms with Crippen LogP contribution in [0.5, 0.6) is 0 Å². The first-order chi connectivity index (χ1) is 13.4. The van der Waals surface area contributed by atoms with Gasteiger partial charge in [0.25, 0.3) is 0 Å². The lowest BCUT2D eigenvalue weighted by Gasteiger charge is -2.34.